The third-order valence-corrected chi connectivity index (χ3v) is 4.85. The summed E-state index contributed by atoms with van der Waals surface area (Å²) in [6, 6.07) is 6.64. The van der Waals surface area contributed by atoms with E-state index >= 15 is 0 Å². The average molecular weight is 295 g/mol. The van der Waals surface area contributed by atoms with Gasteiger partial charge in [0.05, 0.1) is 0 Å². The molecule has 0 spiro atoms. The maximum Gasteiger partial charge on any atom is 0.125 e. The summed E-state index contributed by atoms with van der Waals surface area (Å²) in [5.74, 6) is 3.33. The van der Waals surface area contributed by atoms with Crippen molar-refractivity contribution in [3.05, 3.63) is 29.3 Å². The van der Waals surface area contributed by atoms with Crippen molar-refractivity contribution >= 4 is 11.8 Å². The standard InChI is InChI=1S/C16H25NO2S/c1-12-5-3-6-13(2)16(12)19-10-15(18)9-17-14-7-4-8-20-11-14/h3,5-6,14-15,17-18H,4,7-11H2,1-2H3. The summed E-state index contributed by atoms with van der Waals surface area (Å²) in [7, 11) is 0. The van der Waals surface area contributed by atoms with Crippen molar-refractivity contribution in [2.24, 2.45) is 0 Å². The molecule has 4 heteroatoms. The monoisotopic (exact) mass is 295 g/mol. The zero-order valence-electron chi connectivity index (χ0n) is 12.4. The Bertz CT molecular complexity index is 399. The summed E-state index contributed by atoms with van der Waals surface area (Å²) < 4.78 is 5.77. The lowest BCUT2D eigenvalue weighted by atomic mass is 10.1. The lowest BCUT2D eigenvalue weighted by Crippen LogP contribution is -2.40. The molecule has 20 heavy (non-hydrogen) atoms. The molecule has 0 saturated carbocycles. The summed E-state index contributed by atoms with van der Waals surface area (Å²) >= 11 is 1.99. The molecular formula is C16H25NO2S. The molecule has 1 aromatic rings. The molecule has 1 aliphatic heterocycles. The Balaban J connectivity index is 1.73. The molecule has 0 aromatic heterocycles. The van der Waals surface area contributed by atoms with E-state index in [1.807, 2.05) is 43.8 Å². The third-order valence-electron chi connectivity index (χ3n) is 3.63. The number of aryl methyl sites for hydroxylation is 2. The lowest BCUT2D eigenvalue weighted by molar-refractivity contribution is 0.103. The molecule has 0 aliphatic carbocycles. The van der Waals surface area contributed by atoms with Crippen LogP contribution in [0, 0.1) is 13.8 Å². The van der Waals surface area contributed by atoms with Gasteiger partial charge < -0.3 is 15.2 Å². The molecule has 0 bridgehead atoms. The molecule has 0 amide bonds. The van der Waals surface area contributed by atoms with Crippen LogP contribution >= 0.6 is 11.8 Å². The normalized spacial score (nSPS) is 20.6. The Hall–Kier alpha value is -0.710. The number of ether oxygens (including phenoxy) is 1. The van der Waals surface area contributed by atoms with Gasteiger partial charge in [0.2, 0.25) is 0 Å². The molecule has 1 saturated heterocycles. The number of rotatable bonds is 6. The minimum absolute atomic E-state index is 0.346. The molecule has 2 rings (SSSR count). The van der Waals surface area contributed by atoms with Gasteiger partial charge >= 0.3 is 0 Å². The van der Waals surface area contributed by atoms with Crippen LogP contribution in [0.3, 0.4) is 0 Å². The molecule has 1 fully saturated rings. The molecule has 1 aliphatic rings. The van der Waals surface area contributed by atoms with Crippen LogP contribution in [0.1, 0.15) is 24.0 Å². The molecule has 2 N–H and O–H groups in total. The highest BCUT2D eigenvalue weighted by atomic mass is 32.2. The van der Waals surface area contributed by atoms with Crippen molar-refractivity contribution in [2.45, 2.75) is 38.8 Å². The number of benzene rings is 1. The van der Waals surface area contributed by atoms with Crippen LogP contribution in [0.25, 0.3) is 0 Å². The lowest BCUT2D eigenvalue weighted by Gasteiger charge is -2.24. The smallest absolute Gasteiger partial charge is 0.125 e. The van der Waals surface area contributed by atoms with Gasteiger partial charge in [-0.3, -0.25) is 0 Å². The zero-order chi connectivity index (χ0) is 14.4. The predicted octanol–water partition coefficient (Wildman–Crippen LogP) is 2.53. The predicted molar refractivity (Wildman–Crippen MR) is 85.8 cm³/mol. The second-order valence-electron chi connectivity index (χ2n) is 5.51. The van der Waals surface area contributed by atoms with Crippen molar-refractivity contribution in [1.29, 1.82) is 0 Å². The minimum atomic E-state index is -0.457. The fourth-order valence-corrected chi connectivity index (χ4v) is 3.58. The van der Waals surface area contributed by atoms with Crippen LogP contribution in [0.5, 0.6) is 5.75 Å². The van der Waals surface area contributed by atoms with E-state index in [1.54, 1.807) is 0 Å². The van der Waals surface area contributed by atoms with Crippen LogP contribution < -0.4 is 10.1 Å². The Morgan fingerprint density at radius 2 is 2.15 bits per heavy atom. The summed E-state index contributed by atoms with van der Waals surface area (Å²) in [6.45, 7) is 5.02. The summed E-state index contributed by atoms with van der Waals surface area (Å²) in [6.07, 6.45) is 2.04. The van der Waals surface area contributed by atoms with E-state index in [0.29, 0.717) is 19.2 Å². The Labute approximate surface area is 126 Å². The maximum absolute atomic E-state index is 10.0. The second-order valence-corrected chi connectivity index (χ2v) is 6.66. The van der Waals surface area contributed by atoms with Gasteiger partial charge in [-0.15, -0.1) is 0 Å². The highest BCUT2D eigenvalue weighted by molar-refractivity contribution is 7.99. The number of hydrogen-bond donors (Lipinski definition) is 2. The van der Waals surface area contributed by atoms with E-state index in [4.69, 9.17) is 4.74 Å². The van der Waals surface area contributed by atoms with Gasteiger partial charge in [-0.25, -0.2) is 0 Å². The third kappa shape index (κ3) is 4.69. The number of aliphatic hydroxyl groups is 1. The first-order valence-corrected chi connectivity index (χ1v) is 8.50. The fraction of sp³-hybridized carbons (Fsp3) is 0.625. The number of aliphatic hydroxyl groups excluding tert-OH is 1. The van der Waals surface area contributed by atoms with Gasteiger partial charge in [-0.2, -0.15) is 11.8 Å². The van der Waals surface area contributed by atoms with E-state index in [-0.39, 0.29) is 0 Å². The molecular weight excluding hydrogens is 270 g/mol. The molecule has 2 atom stereocenters. The van der Waals surface area contributed by atoms with Gasteiger partial charge in [-0.1, -0.05) is 18.2 Å². The molecule has 112 valence electrons. The van der Waals surface area contributed by atoms with Crippen molar-refractivity contribution in [2.75, 3.05) is 24.7 Å². The van der Waals surface area contributed by atoms with Gasteiger partial charge in [-0.05, 0) is 43.6 Å². The van der Waals surface area contributed by atoms with Crippen LogP contribution in [0.4, 0.5) is 0 Å². The van der Waals surface area contributed by atoms with Crippen LogP contribution in [0.15, 0.2) is 18.2 Å². The summed E-state index contributed by atoms with van der Waals surface area (Å²) in [4.78, 5) is 0. The first-order valence-electron chi connectivity index (χ1n) is 7.35. The van der Waals surface area contributed by atoms with E-state index in [9.17, 15) is 5.11 Å². The number of thioether (sulfide) groups is 1. The zero-order valence-corrected chi connectivity index (χ0v) is 13.2. The van der Waals surface area contributed by atoms with Crippen LogP contribution in [0.2, 0.25) is 0 Å². The fourth-order valence-electron chi connectivity index (χ4n) is 2.47. The largest absolute Gasteiger partial charge is 0.490 e. The SMILES string of the molecule is Cc1cccc(C)c1OCC(O)CNC1CCCSC1. The van der Waals surface area contributed by atoms with Crippen molar-refractivity contribution < 1.29 is 9.84 Å². The molecule has 3 nitrogen and oxygen atoms in total. The minimum Gasteiger partial charge on any atom is -0.490 e. The van der Waals surface area contributed by atoms with Gasteiger partial charge in [0.25, 0.3) is 0 Å². The maximum atomic E-state index is 10.0. The Morgan fingerprint density at radius 1 is 1.40 bits per heavy atom. The van der Waals surface area contributed by atoms with Crippen molar-refractivity contribution in [3.63, 3.8) is 0 Å². The van der Waals surface area contributed by atoms with Crippen molar-refractivity contribution in [1.82, 2.24) is 5.32 Å². The topological polar surface area (TPSA) is 41.5 Å². The molecule has 1 aromatic carbocycles. The average Bonchev–Trinajstić information content (AvgIpc) is 2.46. The quantitative estimate of drug-likeness (QED) is 0.846. The van der Waals surface area contributed by atoms with E-state index in [1.165, 1.54) is 18.6 Å². The van der Waals surface area contributed by atoms with E-state index in [0.717, 1.165) is 22.6 Å². The van der Waals surface area contributed by atoms with Crippen LogP contribution in [-0.2, 0) is 0 Å². The molecule has 2 unspecified atom stereocenters. The van der Waals surface area contributed by atoms with Gasteiger partial charge in [0.1, 0.15) is 18.5 Å². The van der Waals surface area contributed by atoms with Gasteiger partial charge in [0, 0.05) is 18.3 Å². The number of para-hydroxylation sites is 1. The number of hydrogen-bond acceptors (Lipinski definition) is 4. The highest BCUT2D eigenvalue weighted by Gasteiger charge is 2.15. The Kier molecular flexibility index (Phi) is 6.20. The first-order chi connectivity index (χ1) is 9.66. The molecule has 1 heterocycles. The number of nitrogens with one attached hydrogen (secondary N) is 1. The second kappa shape index (κ2) is 7.91. The van der Waals surface area contributed by atoms with Gasteiger partial charge in [0.15, 0.2) is 0 Å². The molecule has 0 radical (unpaired) electrons. The van der Waals surface area contributed by atoms with Crippen LogP contribution in [-0.4, -0.2) is 41.9 Å². The highest BCUT2D eigenvalue weighted by Crippen LogP contribution is 2.22. The Morgan fingerprint density at radius 3 is 2.80 bits per heavy atom. The van der Waals surface area contributed by atoms with Crippen molar-refractivity contribution in [3.8, 4) is 5.75 Å². The summed E-state index contributed by atoms with van der Waals surface area (Å²) in [5.41, 5.74) is 2.24. The van der Waals surface area contributed by atoms with E-state index < -0.39 is 6.10 Å². The summed E-state index contributed by atoms with van der Waals surface area (Å²) in [5, 5.41) is 13.5. The van der Waals surface area contributed by atoms with E-state index in [2.05, 4.69) is 5.32 Å². The first kappa shape index (κ1) is 15.7.